The predicted molar refractivity (Wildman–Crippen MR) is 68.3 cm³/mol. The maximum absolute atomic E-state index is 11.0. The molecule has 98 valence electrons. The maximum atomic E-state index is 11.0. The number of rotatable bonds is 2. The Morgan fingerprint density at radius 2 is 2.06 bits per heavy atom. The predicted octanol–water partition coefficient (Wildman–Crippen LogP) is 1.45. The van der Waals surface area contributed by atoms with Crippen LogP contribution in [0.15, 0.2) is 6.20 Å². The number of nitro groups is 1. The molecule has 0 radical (unpaired) electrons. The lowest BCUT2D eigenvalue weighted by Crippen LogP contribution is -2.39. The molecule has 0 bridgehead atoms. The summed E-state index contributed by atoms with van der Waals surface area (Å²) in [5, 5.41) is 11.0. The molecule has 1 aromatic rings. The maximum Gasteiger partial charge on any atom is 0.329 e. The van der Waals surface area contributed by atoms with Crippen molar-refractivity contribution in [2.75, 3.05) is 23.7 Å². The van der Waals surface area contributed by atoms with Gasteiger partial charge in [-0.3, -0.25) is 10.1 Å². The van der Waals surface area contributed by atoms with E-state index in [-0.39, 0.29) is 11.6 Å². The van der Waals surface area contributed by atoms with E-state index < -0.39 is 4.92 Å². The minimum atomic E-state index is -0.460. The van der Waals surface area contributed by atoms with Crippen molar-refractivity contribution >= 4 is 17.5 Å². The van der Waals surface area contributed by atoms with Crippen LogP contribution in [0.3, 0.4) is 0 Å². The van der Waals surface area contributed by atoms with Crippen molar-refractivity contribution in [3.05, 3.63) is 16.3 Å². The first kappa shape index (κ1) is 12.5. The molecule has 2 atom stereocenters. The smallest absolute Gasteiger partial charge is 0.329 e. The highest BCUT2D eigenvalue weighted by molar-refractivity contribution is 5.58. The van der Waals surface area contributed by atoms with Crippen LogP contribution < -0.4 is 10.6 Å². The fourth-order valence-electron chi connectivity index (χ4n) is 2.58. The van der Waals surface area contributed by atoms with E-state index in [1.54, 1.807) is 0 Å². The molecule has 0 saturated carbocycles. The Balaban J connectivity index is 2.36. The average Bonchev–Trinajstić information content (AvgIpc) is 2.27. The second-order valence-corrected chi connectivity index (χ2v) is 5.05. The Hall–Kier alpha value is -1.92. The highest BCUT2D eigenvalue weighted by Gasteiger charge is 2.28. The van der Waals surface area contributed by atoms with Gasteiger partial charge in [-0.15, -0.1) is 0 Å². The van der Waals surface area contributed by atoms with Crippen LogP contribution in [0.1, 0.15) is 20.3 Å². The summed E-state index contributed by atoms with van der Waals surface area (Å²) < 4.78 is 0. The van der Waals surface area contributed by atoms with E-state index in [1.165, 1.54) is 6.20 Å². The van der Waals surface area contributed by atoms with Crippen LogP contribution in [0.4, 0.5) is 17.5 Å². The van der Waals surface area contributed by atoms with Gasteiger partial charge in [-0.1, -0.05) is 13.8 Å². The first-order chi connectivity index (χ1) is 8.47. The van der Waals surface area contributed by atoms with Crippen molar-refractivity contribution in [1.29, 1.82) is 0 Å². The highest BCUT2D eigenvalue weighted by atomic mass is 16.6. The molecular formula is C11H17N5O2. The van der Waals surface area contributed by atoms with Gasteiger partial charge in [-0.25, -0.2) is 4.98 Å². The molecule has 0 unspecified atom stereocenters. The van der Waals surface area contributed by atoms with E-state index in [0.717, 1.165) is 19.5 Å². The first-order valence-corrected chi connectivity index (χ1v) is 5.99. The number of aromatic nitrogens is 2. The number of nitrogens with zero attached hydrogens (tertiary/aromatic N) is 4. The second-order valence-electron chi connectivity index (χ2n) is 5.05. The summed E-state index contributed by atoms with van der Waals surface area (Å²) >= 11 is 0. The second kappa shape index (κ2) is 4.75. The van der Waals surface area contributed by atoms with Crippen molar-refractivity contribution in [1.82, 2.24) is 9.97 Å². The summed E-state index contributed by atoms with van der Waals surface area (Å²) in [6.07, 6.45) is 2.31. The van der Waals surface area contributed by atoms with Gasteiger partial charge in [0.05, 0.1) is 4.92 Å². The van der Waals surface area contributed by atoms with Crippen molar-refractivity contribution < 1.29 is 4.92 Å². The zero-order chi connectivity index (χ0) is 13.3. The minimum absolute atomic E-state index is 0.0708. The summed E-state index contributed by atoms with van der Waals surface area (Å²) in [4.78, 5) is 20.2. The molecule has 18 heavy (non-hydrogen) atoms. The minimum Gasteiger partial charge on any atom is -0.368 e. The Bertz CT molecular complexity index is 455. The highest BCUT2D eigenvalue weighted by Crippen LogP contribution is 2.31. The van der Waals surface area contributed by atoms with Gasteiger partial charge >= 0.3 is 5.69 Å². The number of nitrogens with two attached hydrogens (primary N) is 1. The number of anilines is 2. The molecule has 1 aliphatic heterocycles. The first-order valence-electron chi connectivity index (χ1n) is 5.99. The van der Waals surface area contributed by atoms with E-state index in [2.05, 4.69) is 23.8 Å². The SMILES string of the molecule is C[C@@H]1C[C@H](C)CN(c2nc(N)ncc2[N+](=O)[O-])C1. The summed E-state index contributed by atoms with van der Waals surface area (Å²) in [6, 6.07) is 0. The van der Waals surface area contributed by atoms with Crippen molar-refractivity contribution in [3.8, 4) is 0 Å². The van der Waals surface area contributed by atoms with Gasteiger partial charge in [0.1, 0.15) is 6.20 Å². The molecule has 0 aliphatic carbocycles. The lowest BCUT2D eigenvalue weighted by molar-refractivity contribution is -0.384. The molecule has 7 heteroatoms. The number of hydrogen-bond donors (Lipinski definition) is 1. The summed E-state index contributed by atoms with van der Waals surface area (Å²) in [7, 11) is 0. The quantitative estimate of drug-likeness (QED) is 0.631. The van der Waals surface area contributed by atoms with Gasteiger partial charge < -0.3 is 10.6 Å². The summed E-state index contributed by atoms with van der Waals surface area (Å²) in [5.41, 5.74) is 5.45. The van der Waals surface area contributed by atoms with Crippen molar-refractivity contribution in [2.45, 2.75) is 20.3 Å². The van der Waals surface area contributed by atoms with E-state index in [9.17, 15) is 10.1 Å². The number of nitrogen functional groups attached to an aromatic ring is 1. The van der Waals surface area contributed by atoms with Gasteiger partial charge in [0, 0.05) is 13.1 Å². The summed E-state index contributed by atoms with van der Waals surface area (Å²) in [6.45, 7) is 5.81. The fraction of sp³-hybridized carbons (Fsp3) is 0.636. The van der Waals surface area contributed by atoms with E-state index >= 15 is 0 Å². The molecule has 7 nitrogen and oxygen atoms in total. The largest absolute Gasteiger partial charge is 0.368 e. The Morgan fingerprint density at radius 3 is 2.61 bits per heavy atom. The molecule has 0 amide bonds. The fourth-order valence-corrected chi connectivity index (χ4v) is 2.58. The topological polar surface area (TPSA) is 98.2 Å². The number of piperidine rings is 1. The van der Waals surface area contributed by atoms with Gasteiger partial charge in [0.15, 0.2) is 0 Å². The summed E-state index contributed by atoms with van der Waals surface area (Å²) in [5.74, 6) is 1.39. The van der Waals surface area contributed by atoms with Crippen LogP contribution in [0, 0.1) is 22.0 Å². The molecular weight excluding hydrogens is 234 g/mol. The van der Waals surface area contributed by atoms with Crippen molar-refractivity contribution in [2.24, 2.45) is 11.8 Å². The molecule has 2 rings (SSSR count). The van der Waals surface area contributed by atoms with Crippen LogP contribution in [0.2, 0.25) is 0 Å². The zero-order valence-electron chi connectivity index (χ0n) is 10.5. The van der Waals surface area contributed by atoms with E-state index in [0.29, 0.717) is 17.7 Å². The van der Waals surface area contributed by atoms with Gasteiger partial charge in [0.25, 0.3) is 0 Å². The van der Waals surface area contributed by atoms with Crippen LogP contribution in [0.5, 0.6) is 0 Å². The normalized spacial score (nSPS) is 24.0. The third-order valence-corrected chi connectivity index (χ3v) is 3.13. The third kappa shape index (κ3) is 2.49. The average molecular weight is 251 g/mol. The van der Waals surface area contributed by atoms with Gasteiger partial charge in [-0.05, 0) is 18.3 Å². The van der Waals surface area contributed by atoms with E-state index in [1.807, 2.05) is 4.90 Å². The van der Waals surface area contributed by atoms with Crippen LogP contribution in [-0.2, 0) is 0 Å². The Kier molecular flexibility index (Phi) is 3.31. The lowest BCUT2D eigenvalue weighted by Gasteiger charge is -2.35. The standard InChI is InChI=1S/C11H17N5O2/c1-7-3-8(2)6-15(5-7)10-9(16(17)18)4-13-11(12)14-10/h4,7-8H,3,5-6H2,1-2H3,(H2,12,13,14)/t7-,8+. The van der Waals surface area contributed by atoms with Gasteiger partial charge in [-0.2, -0.15) is 4.98 Å². The van der Waals surface area contributed by atoms with E-state index in [4.69, 9.17) is 5.73 Å². The molecule has 1 aliphatic rings. The molecule has 1 saturated heterocycles. The molecule has 2 heterocycles. The van der Waals surface area contributed by atoms with Crippen LogP contribution in [0.25, 0.3) is 0 Å². The number of hydrogen-bond acceptors (Lipinski definition) is 6. The molecule has 1 fully saturated rings. The molecule has 2 N–H and O–H groups in total. The van der Waals surface area contributed by atoms with Crippen molar-refractivity contribution in [3.63, 3.8) is 0 Å². The molecule has 1 aromatic heterocycles. The monoisotopic (exact) mass is 251 g/mol. The molecule has 0 aromatic carbocycles. The zero-order valence-corrected chi connectivity index (χ0v) is 10.5. The van der Waals surface area contributed by atoms with Crippen LogP contribution >= 0.6 is 0 Å². The van der Waals surface area contributed by atoms with Gasteiger partial charge in [0.2, 0.25) is 11.8 Å². The Labute approximate surface area is 105 Å². The molecule has 0 spiro atoms. The lowest BCUT2D eigenvalue weighted by atomic mass is 9.92. The van der Waals surface area contributed by atoms with Crippen LogP contribution in [-0.4, -0.2) is 28.0 Å². The Morgan fingerprint density at radius 1 is 1.44 bits per heavy atom. The third-order valence-electron chi connectivity index (χ3n) is 3.13.